The zero-order valence-corrected chi connectivity index (χ0v) is 13.1. The van der Waals surface area contributed by atoms with Crippen molar-refractivity contribution >= 4 is 11.9 Å². The Balaban J connectivity index is 2.11. The molecule has 120 valence electrons. The molecule has 3 atom stereocenters. The highest BCUT2D eigenvalue weighted by Gasteiger charge is 2.64. The lowest BCUT2D eigenvalue weighted by atomic mass is 9.54. The van der Waals surface area contributed by atoms with Gasteiger partial charge in [-0.1, -0.05) is 13.8 Å². The first-order valence-electron chi connectivity index (χ1n) is 7.67. The number of hydrogen-bond acceptors (Lipinski definition) is 4. The van der Waals surface area contributed by atoms with Crippen LogP contribution in [0.5, 0.6) is 0 Å². The number of ether oxygens (including phenoxy) is 1. The number of nitrogens with zero attached hydrogens (tertiary/aromatic N) is 1. The molecule has 2 rings (SSSR count). The molecule has 1 saturated carbocycles. The molecule has 0 bridgehead atoms. The van der Waals surface area contributed by atoms with Crippen molar-refractivity contribution < 1.29 is 19.4 Å². The average Bonchev–Trinajstić information content (AvgIpc) is 2.84. The van der Waals surface area contributed by atoms with Gasteiger partial charge in [0.2, 0.25) is 5.91 Å². The van der Waals surface area contributed by atoms with E-state index in [2.05, 4.69) is 0 Å². The van der Waals surface area contributed by atoms with Crippen molar-refractivity contribution in [3.8, 4) is 0 Å². The SMILES string of the molecule is CCOC1CC(N)(C(=O)N2CCCC2CC(=O)O)C1(C)C. The molecule has 2 fully saturated rings. The van der Waals surface area contributed by atoms with Crippen LogP contribution in [0.25, 0.3) is 0 Å². The Labute approximate surface area is 125 Å². The van der Waals surface area contributed by atoms with E-state index in [1.807, 2.05) is 20.8 Å². The van der Waals surface area contributed by atoms with Crippen LogP contribution in [0.1, 0.15) is 46.5 Å². The van der Waals surface area contributed by atoms with Crippen LogP contribution in [0, 0.1) is 5.41 Å². The van der Waals surface area contributed by atoms with Crippen LogP contribution in [0.2, 0.25) is 0 Å². The summed E-state index contributed by atoms with van der Waals surface area (Å²) in [6.07, 6.45) is 2.07. The van der Waals surface area contributed by atoms with Crippen molar-refractivity contribution in [2.24, 2.45) is 11.1 Å². The Kier molecular flexibility index (Phi) is 4.31. The van der Waals surface area contributed by atoms with Crippen LogP contribution >= 0.6 is 0 Å². The number of amides is 1. The number of nitrogens with two attached hydrogens (primary N) is 1. The topological polar surface area (TPSA) is 92.9 Å². The van der Waals surface area contributed by atoms with E-state index in [1.165, 1.54) is 0 Å². The molecule has 1 aliphatic carbocycles. The summed E-state index contributed by atoms with van der Waals surface area (Å²) in [5, 5.41) is 8.97. The Hall–Kier alpha value is -1.14. The van der Waals surface area contributed by atoms with Gasteiger partial charge in [-0.3, -0.25) is 9.59 Å². The molecular formula is C15H26N2O4. The van der Waals surface area contributed by atoms with Gasteiger partial charge in [0.1, 0.15) is 5.54 Å². The van der Waals surface area contributed by atoms with E-state index in [-0.39, 0.29) is 24.5 Å². The van der Waals surface area contributed by atoms with Gasteiger partial charge in [-0.25, -0.2) is 0 Å². The molecule has 6 heteroatoms. The number of carbonyl (C=O) groups is 2. The highest BCUT2D eigenvalue weighted by molar-refractivity contribution is 5.89. The smallest absolute Gasteiger partial charge is 0.305 e. The molecule has 6 nitrogen and oxygen atoms in total. The van der Waals surface area contributed by atoms with Crippen LogP contribution in [-0.4, -0.2) is 52.7 Å². The largest absolute Gasteiger partial charge is 0.481 e. The van der Waals surface area contributed by atoms with Crippen molar-refractivity contribution in [2.75, 3.05) is 13.2 Å². The van der Waals surface area contributed by atoms with E-state index in [4.69, 9.17) is 15.6 Å². The van der Waals surface area contributed by atoms with Gasteiger partial charge in [0.05, 0.1) is 12.5 Å². The van der Waals surface area contributed by atoms with E-state index in [0.717, 1.165) is 12.8 Å². The number of carboxylic acid groups (broad SMARTS) is 1. The van der Waals surface area contributed by atoms with Gasteiger partial charge in [0.15, 0.2) is 0 Å². The molecule has 0 radical (unpaired) electrons. The van der Waals surface area contributed by atoms with E-state index >= 15 is 0 Å². The first-order valence-corrected chi connectivity index (χ1v) is 7.67. The number of carbonyl (C=O) groups excluding carboxylic acids is 1. The van der Waals surface area contributed by atoms with Crippen molar-refractivity contribution in [2.45, 2.75) is 64.1 Å². The van der Waals surface area contributed by atoms with Crippen LogP contribution in [0.3, 0.4) is 0 Å². The van der Waals surface area contributed by atoms with Crippen molar-refractivity contribution in [3.63, 3.8) is 0 Å². The molecule has 0 aromatic rings. The maximum atomic E-state index is 12.9. The fourth-order valence-corrected chi connectivity index (χ4v) is 3.57. The molecule has 1 aliphatic heterocycles. The summed E-state index contributed by atoms with van der Waals surface area (Å²) in [7, 11) is 0. The number of rotatable bonds is 5. The van der Waals surface area contributed by atoms with Gasteiger partial charge in [-0.2, -0.15) is 0 Å². The lowest BCUT2D eigenvalue weighted by Gasteiger charge is -2.58. The second kappa shape index (κ2) is 5.57. The van der Waals surface area contributed by atoms with Gasteiger partial charge in [0.25, 0.3) is 0 Å². The minimum atomic E-state index is -0.950. The summed E-state index contributed by atoms with van der Waals surface area (Å²) in [5.74, 6) is -0.988. The number of aliphatic carboxylic acids is 1. The summed E-state index contributed by atoms with van der Waals surface area (Å²) < 4.78 is 5.65. The first kappa shape index (κ1) is 16.2. The quantitative estimate of drug-likeness (QED) is 0.789. The summed E-state index contributed by atoms with van der Waals surface area (Å²) >= 11 is 0. The molecule has 2 aliphatic rings. The fraction of sp³-hybridized carbons (Fsp3) is 0.867. The van der Waals surface area contributed by atoms with Crippen molar-refractivity contribution in [3.05, 3.63) is 0 Å². The Morgan fingerprint density at radius 3 is 2.62 bits per heavy atom. The molecule has 3 unspecified atom stereocenters. The standard InChI is InChI=1S/C15H26N2O4/c1-4-21-11-9-15(16,14(11,2)3)13(20)17-7-5-6-10(17)8-12(18)19/h10-11H,4-9,16H2,1-3H3,(H,18,19). The first-order chi connectivity index (χ1) is 9.74. The predicted octanol–water partition coefficient (Wildman–Crippen LogP) is 0.985. The number of carboxylic acids is 1. The van der Waals surface area contributed by atoms with E-state index in [1.54, 1.807) is 4.90 Å². The second-order valence-corrected chi connectivity index (χ2v) is 6.73. The van der Waals surface area contributed by atoms with Gasteiger partial charge in [0, 0.05) is 31.0 Å². The number of hydrogen-bond donors (Lipinski definition) is 2. The normalized spacial score (nSPS) is 34.6. The van der Waals surface area contributed by atoms with E-state index in [9.17, 15) is 9.59 Å². The van der Waals surface area contributed by atoms with Crippen LogP contribution < -0.4 is 5.73 Å². The highest BCUT2D eigenvalue weighted by Crippen LogP contribution is 2.51. The van der Waals surface area contributed by atoms with Gasteiger partial charge in [-0.05, 0) is 19.8 Å². The third-order valence-electron chi connectivity index (χ3n) is 5.26. The second-order valence-electron chi connectivity index (χ2n) is 6.73. The molecule has 1 heterocycles. The minimum absolute atomic E-state index is 0.00284. The fourth-order valence-electron chi connectivity index (χ4n) is 3.57. The lowest BCUT2D eigenvalue weighted by molar-refractivity contribution is -0.180. The molecule has 0 aromatic heterocycles. The molecule has 21 heavy (non-hydrogen) atoms. The van der Waals surface area contributed by atoms with Crippen LogP contribution in [0.4, 0.5) is 0 Å². The maximum absolute atomic E-state index is 12.9. The molecule has 3 N–H and O–H groups in total. The van der Waals surface area contributed by atoms with Gasteiger partial charge in [-0.15, -0.1) is 0 Å². The van der Waals surface area contributed by atoms with Crippen molar-refractivity contribution in [1.82, 2.24) is 4.90 Å². The van der Waals surface area contributed by atoms with Crippen molar-refractivity contribution in [1.29, 1.82) is 0 Å². The lowest BCUT2D eigenvalue weighted by Crippen LogP contribution is -2.76. The molecule has 0 spiro atoms. The summed E-state index contributed by atoms with van der Waals surface area (Å²) in [5.41, 5.74) is 5.01. The monoisotopic (exact) mass is 298 g/mol. The van der Waals surface area contributed by atoms with Gasteiger partial charge < -0.3 is 20.5 Å². The zero-order chi connectivity index (χ0) is 15.8. The molecule has 1 saturated heterocycles. The van der Waals surface area contributed by atoms with Crippen LogP contribution in [-0.2, 0) is 14.3 Å². The average molecular weight is 298 g/mol. The Bertz CT molecular complexity index is 437. The third-order valence-corrected chi connectivity index (χ3v) is 5.26. The Morgan fingerprint density at radius 1 is 1.43 bits per heavy atom. The molecule has 0 aromatic carbocycles. The van der Waals surface area contributed by atoms with E-state index < -0.39 is 16.9 Å². The maximum Gasteiger partial charge on any atom is 0.305 e. The van der Waals surface area contributed by atoms with Crippen LogP contribution in [0.15, 0.2) is 0 Å². The molecule has 1 amide bonds. The number of likely N-dealkylation sites (tertiary alicyclic amines) is 1. The summed E-state index contributed by atoms with van der Waals surface area (Å²) in [6.45, 7) is 7.04. The Morgan fingerprint density at radius 2 is 2.10 bits per heavy atom. The van der Waals surface area contributed by atoms with Gasteiger partial charge >= 0.3 is 5.97 Å². The summed E-state index contributed by atoms with van der Waals surface area (Å²) in [6, 6.07) is -0.225. The third kappa shape index (κ3) is 2.55. The minimum Gasteiger partial charge on any atom is -0.481 e. The zero-order valence-electron chi connectivity index (χ0n) is 13.1. The van der Waals surface area contributed by atoms with E-state index in [0.29, 0.717) is 19.6 Å². The molecular weight excluding hydrogens is 272 g/mol. The summed E-state index contributed by atoms with van der Waals surface area (Å²) in [4.78, 5) is 25.5. The predicted molar refractivity (Wildman–Crippen MR) is 77.7 cm³/mol. The highest BCUT2D eigenvalue weighted by atomic mass is 16.5.